The predicted octanol–water partition coefficient (Wildman–Crippen LogP) is 4.74. The number of hydrogen-bond acceptors (Lipinski definition) is 4. The first-order valence-electron chi connectivity index (χ1n) is 9.84. The van der Waals surface area contributed by atoms with Crippen molar-refractivity contribution in [3.8, 4) is 0 Å². The highest BCUT2D eigenvalue weighted by Crippen LogP contribution is 2.29. The van der Waals surface area contributed by atoms with Crippen LogP contribution in [-0.2, 0) is 0 Å². The first-order valence-corrected chi connectivity index (χ1v) is 10.2. The van der Waals surface area contributed by atoms with Crippen LogP contribution in [0.2, 0.25) is 5.02 Å². The van der Waals surface area contributed by atoms with E-state index in [2.05, 4.69) is 10.2 Å². The van der Waals surface area contributed by atoms with Gasteiger partial charge in [0.15, 0.2) is 11.2 Å². The fraction of sp³-hybridized carbons (Fsp3) is 0.304. The van der Waals surface area contributed by atoms with Gasteiger partial charge in [-0.05, 0) is 62.2 Å². The third kappa shape index (κ3) is 4.69. The maximum Gasteiger partial charge on any atom is 0.287 e. The maximum atomic E-state index is 12.8. The number of aryl methyl sites for hydroxylation is 1. The molecule has 1 N–H and O–H groups in total. The molecule has 1 saturated heterocycles. The van der Waals surface area contributed by atoms with Crippen molar-refractivity contribution in [1.29, 1.82) is 0 Å². The van der Waals surface area contributed by atoms with Gasteiger partial charge in [0.2, 0.25) is 0 Å². The van der Waals surface area contributed by atoms with Crippen LogP contribution in [0.1, 0.15) is 40.6 Å². The summed E-state index contributed by atoms with van der Waals surface area (Å²) >= 11 is 6.43. The fourth-order valence-electron chi connectivity index (χ4n) is 3.89. The second-order valence-corrected chi connectivity index (χ2v) is 7.87. The number of nitrogens with one attached hydrogen (secondary N) is 1. The molecule has 1 aliphatic heterocycles. The zero-order valence-corrected chi connectivity index (χ0v) is 18.3. The smallest absolute Gasteiger partial charge is 0.287 e. The van der Waals surface area contributed by atoms with E-state index in [4.69, 9.17) is 16.0 Å². The quantitative estimate of drug-likeness (QED) is 0.614. The third-order valence-corrected chi connectivity index (χ3v) is 5.75. The number of carbonyl (C=O) groups excluding carboxylic acids is 1. The highest BCUT2D eigenvalue weighted by atomic mass is 35.5. The highest BCUT2D eigenvalue weighted by Gasteiger charge is 2.26. The number of carbonyl (C=O) groups is 1. The molecule has 0 aliphatic carbocycles. The molecule has 2 heterocycles. The van der Waals surface area contributed by atoms with E-state index in [1.807, 2.05) is 37.3 Å². The molecular formula is C23H24Cl2N2O3. The first kappa shape index (κ1) is 22.3. The highest BCUT2D eigenvalue weighted by molar-refractivity contribution is 6.31. The van der Waals surface area contributed by atoms with Gasteiger partial charge < -0.3 is 9.73 Å². The van der Waals surface area contributed by atoms with Crippen LogP contribution in [0.25, 0.3) is 11.0 Å². The van der Waals surface area contributed by atoms with Crippen LogP contribution in [0.5, 0.6) is 0 Å². The zero-order chi connectivity index (χ0) is 20.4. The summed E-state index contributed by atoms with van der Waals surface area (Å²) in [6, 6.07) is 14.3. The van der Waals surface area contributed by atoms with E-state index in [1.54, 1.807) is 12.1 Å². The van der Waals surface area contributed by atoms with Crippen LogP contribution in [0.4, 0.5) is 0 Å². The second-order valence-electron chi connectivity index (χ2n) is 7.46. The van der Waals surface area contributed by atoms with Crippen LogP contribution >= 0.6 is 24.0 Å². The molecule has 2 aromatic carbocycles. The van der Waals surface area contributed by atoms with Gasteiger partial charge in [-0.2, -0.15) is 0 Å². The molecule has 30 heavy (non-hydrogen) atoms. The van der Waals surface area contributed by atoms with Crippen molar-refractivity contribution in [3.63, 3.8) is 0 Å². The van der Waals surface area contributed by atoms with Gasteiger partial charge in [-0.15, -0.1) is 12.4 Å². The lowest BCUT2D eigenvalue weighted by molar-refractivity contribution is 0.0910. The summed E-state index contributed by atoms with van der Waals surface area (Å²) in [5.74, 6) is -0.380. The second kappa shape index (κ2) is 9.65. The van der Waals surface area contributed by atoms with Crippen molar-refractivity contribution in [2.24, 2.45) is 0 Å². The Bertz CT molecular complexity index is 1110. The van der Waals surface area contributed by atoms with Crippen LogP contribution in [0, 0.1) is 6.92 Å². The third-order valence-electron chi connectivity index (χ3n) is 5.41. The number of amides is 1. The lowest BCUT2D eigenvalue weighted by Gasteiger charge is -2.28. The van der Waals surface area contributed by atoms with E-state index in [1.165, 1.54) is 6.07 Å². The average molecular weight is 447 g/mol. The van der Waals surface area contributed by atoms with Gasteiger partial charge in [-0.1, -0.05) is 35.9 Å². The molecule has 7 heteroatoms. The average Bonchev–Trinajstić information content (AvgIpc) is 3.23. The van der Waals surface area contributed by atoms with E-state index in [0.29, 0.717) is 22.5 Å². The first-order chi connectivity index (χ1) is 14.0. The van der Waals surface area contributed by atoms with Crippen molar-refractivity contribution in [2.45, 2.75) is 25.8 Å². The molecule has 0 radical (unpaired) electrons. The van der Waals surface area contributed by atoms with E-state index >= 15 is 0 Å². The zero-order valence-electron chi connectivity index (χ0n) is 16.7. The molecule has 4 rings (SSSR count). The normalized spacial score (nSPS) is 15.0. The number of nitrogens with zero attached hydrogens (tertiary/aromatic N) is 1. The minimum atomic E-state index is -0.401. The lowest BCUT2D eigenvalue weighted by Crippen LogP contribution is -2.37. The minimum absolute atomic E-state index is 0. The van der Waals surface area contributed by atoms with Crippen LogP contribution < -0.4 is 10.7 Å². The van der Waals surface area contributed by atoms with Gasteiger partial charge in [0, 0.05) is 17.6 Å². The van der Waals surface area contributed by atoms with Crippen molar-refractivity contribution >= 4 is 40.9 Å². The van der Waals surface area contributed by atoms with Gasteiger partial charge in [-0.25, -0.2) is 0 Å². The van der Waals surface area contributed by atoms with Gasteiger partial charge in [0.1, 0.15) is 5.58 Å². The SMILES string of the molecule is Cc1ccc2c(=O)cc(C(=O)NCC(c3ccccc3Cl)N3CCCC3)oc2c1.Cl. The van der Waals surface area contributed by atoms with Gasteiger partial charge in [0.25, 0.3) is 5.91 Å². The molecule has 1 unspecified atom stereocenters. The Balaban J connectivity index is 0.00000256. The molecule has 0 spiro atoms. The van der Waals surface area contributed by atoms with Crippen LogP contribution in [0.15, 0.2) is 57.7 Å². The monoisotopic (exact) mass is 446 g/mol. The van der Waals surface area contributed by atoms with Gasteiger partial charge >= 0.3 is 0 Å². The molecular weight excluding hydrogens is 423 g/mol. The molecule has 1 aliphatic rings. The number of halogens is 2. The number of likely N-dealkylation sites (tertiary alicyclic amines) is 1. The summed E-state index contributed by atoms with van der Waals surface area (Å²) in [5.41, 5.74) is 2.15. The summed E-state index contributed by atoms with van der Waals surface area (Å²) in [6.07, 6.45) is 2.27. The Hall–Kier alpha value is -2.34. The van der Waals surface area contributed by atoms with E-state index < -0.39 is 5.91 Å². The number of hydrogen-bond donors (Lipinski definition) is 1. The van der Waals surface area contributed by atoms with Crippen molar-refractivity contribution in [3.05, 3.63) is 80.7 Å². The Morgan fingerprint density at radius 2 is 1.90 bits per heavy atom. The molecule has 1 aromatic heterocycles. The topological polar surface area (TPSA) is 62.6 Å². The number of fused-ring (bicyclic) bond motifs is 1. The Morgan fingerprint density at radius 3 is 2.63 bits per heavy atom. The summed E-state index contributed by atoms with van der Waals surface area (Å²) in [4.78, 5) is 27.5. The molecule has 1 fully saturated rings. The molecule has 0 saturated carbocycles. The van der Waals surface area contributed by atoms with E-state index in [0.717, 1.165) is 37.1 Å². The Morgan fingerprint density at radius 1 is 1.17 bits per heavy atom. The molecule has 158 valence electrons. The summed E-state index contributed by atoms with van der Waals surface area (Å²) in [6.45, 7) is 4.24. The molecule has 3 aromatic rings. The summed E-state index contributed by atoms with van der Waals surface area (Å²) in [7, 11) is 0. The summed E-state index contributed by atoms with van der Waals surface area (Å²) < 4.78 is 5.72. The van der Waals surface area contributed by atoms with Crippen molar-refractivity contribution in [2.75, 3.05) is 19.6 Å². The summed E-state index contributed by atoms with van der Waals surface area (Å²) in [5, 5.41) is 4.09. The maximum absolute atomic E-state index is 12.8. The fourth-order valence-corrected chi connectivity index (χ4v) is 4.15. The van der Waals surface area contributed by atoms with Crippen LogP contribution in [-0.4, -0.2) is 30.4 Å². The molecule has 0 bridgehead atoms. The minimum Gasteiger partial charge on any atom is -0.451 e. The van der Waals surface area contributed by atoms with Crippen LogP contribution in [0.3, 0.4) is 0 Å². The number of rotatable bonds is 5. The molecule has 1 amide bonds. The van der Waals surface area contributed by atoms with Gasteiger partial charge in [0.05, 0.1) is 11.4 Å². The lowest BCUT2D eigenvalue weighted by atomic mass is 10.1. The Kier molecular flexibility index (Phi) is 7.19. The van der Waals surface area contributed by atoms with E-state index in [-0.39, 0.29) is 29.6 Å². The van der Waals surface area contributed by atoms with Gasteiger partial charge in [-0.3, -0.25) is 14.5 Å². The largest absolute Gasteiger partial charge is 0.451 e. The molecule has 1 atom stereocenters. The standard InChI is InChI=1S/C23H23ClN2O3.ClH/c1-15-8-9-17-20(27)13-22(29-21(17)12-15)23(28)25-14-19(26-10-4-5-11-26)16-6-2-3-7-18(16)24;/h2-3,6-9,12-13,19H,4-5,10-11,14H2,1H3,(H,25,28);1H. The molecule has 5 nitrogen and oxygen atoms in total. The van der Waals surface area contributed by atoms with E-state index in [9.17, 15) is 9.59 Å². The van der Waals surface area contributed by atoms with Crippen molar-refractivity contribution in [1.82, 2.24) is 10.2 Å². The van der Waals surface area contributed by atoms with Crippen molar-refractivity contribution < 1.29 is 9.21 Å². The number of benzene rings is 2. The Labute approximate surface area is 186 Å². The predicted molar refractivity (Wildman–Crippen MR) is 122 cm³/mol.